The van der Waals surface area contributed by atoms with Crippen molar-refractivity contribution in [2.75, 3.05) is 26.2 Å². The predicted octanol–water partition coefficient (Wildman–Crippen LogP) is 22.7. The quantitative estimate of drug-likeness (QED) is 0.0454. The van der Waals surface area contributed by atoms with E-state index < -0.39 is 0 Å². The van der Waals surface area contributed by atoms with Gasteiger partial charge < -0.3 is 21.3 Å². The van der Waals surface area contributed by atoms with E-state index in [1.54, 1.807) is 0 Å². The van der Waals surface area contributed by atoms with Crippen LogP contribution in [0.1, 0.15) is 426 Å². The van der Waals surface area contributed by atoms with Crippen molar-refractivity contribution >= 4 is 23.6 Å². The molecule has 0 aliphatic rings. The zero-order valence-corrected chi connectivity index (χ0v) is 56.3. The zero-order valence-electron chi connectivity index (χ0n) is 56.3. The molecule has 0 saturated carbocycles. The van der Waals surface area contributed by atoms with Gasteiger partial charge in [-0.3, -0.25) is 19.2 Å². The molecule has 0 fully saturated rings. The maximum Gasteiger partial charge on any atom is 0.220 e. The third-order valence-corrected chi connectivity index (χ3v) is 17.1. The molecular weight excluding hydrogens is 1010 g/mol. The molecule has 0 saturated heterocycles. The van der Waals surface area contributed by atoms with Crippen molar-refractivity contribution in [2.24, 2.45) is 0 Å². The van der Waals surface area contributed by atoms with Crippen LogP contribution in [0.4, 0.5) is 0 Å². The van der Waals surface area contributed by atoms with Gasteiger partial charge in [0.25, 0.3) is 0 Å². The summed E-state index contributed by atoms with van der Waals surface area (Å²) in [4.78, 5) is 48.1. The fourth-order valence-electron chi connectivity index (χ4n) is 11.4. The van der Waals surface area contributed by atoms with Crippen LogP contribution in [-0.4, -0.2) is 49.8 Å². The monoisotopic (exact) mass is 1160 g/mol. The smallest absolute Gasteiger partial charge is 0.220 e. The summed E-state index contributed by atoms with van der Waals surface area (Å²) < 4.78 is 0. The van der Waals surface area contributed by atoms with Crippen LogP contribution in [0.5, 0.6) is 0 Å². The van der Waals surface area contributed by atoms with Crippen molar-refractivity contribution in [3.63, 3.8) is 0 Å². The van der Waals surface area contributed by atoms with Gasteiger partial charge in [0, 0.05) is 51.9 Å². The number of hydrogen-bond donors (Lipinski definition) is 4. The summed E-state index contributed by atoms with van der Waals surface area (Å²) in [6, 6.07) is 0. The molecule has 0 aromatic carbocycles. The van der Waals surface area contributed by atoms with Gasteiger partial charge in [0.1, 0.15) is 0 Å². The van der Waals surface area contributed by atoms with E-state index in [4.69, 9.17) is 0 Å². The van der Waals surface area contributed by atoms with Gasteiger partial charge in [-0.2, -0.15) is 0 Å². The van der Waals surface area contributed by atoms with Crippen molar-refractivity contribution in [1.29, 1.82) is 0 Å². The molecule has 0 aromatic heterocycles. The third kappa shape index (κ3) is 75.9. The lowest BCUT2D eigenvalue weighted by atomic mass is 10.0. The van der Waals surface area contributed by atoms with Gasteiger partial charge in [-0.1, -0.05) is 374 Å². The van der Waals surface area contributed by atoms with E-state index in [2.05, 4.69) is 49.0 Å². The maximum absolute atomic E-state index is 12.0. The van der Waals surface area contributed by atoms with Crippen molar-refractivity contribution in [3.05, 3.63) is 0 Å². The van der Waals surface area contributed by atoms with Gasteiger partial charge in [-0.25, -0.2) is 0 Å². The normalized spacial score (nSPS) is 11.2. The molecule has 0 aromatic rings. The summed E-state index contributed by atoms with van der Waals surface area (Å²) in [7, 11) is 0. The molecule has 0 unspecified atom stereocenters. The molecule has 4 N–H and O–H groups in total. The summed E-state index contributed by atoms with van der Waals surface area (Å²) in [5, 5.41) is 11.8. The molecule has 488 valence electrons. The first-order chi connectivity index (χ1) is 40.4. The van der Waals surface area contributed by atoms with E-state index in [0.29, 0.717) is 51.9 Å². The minimum absolute atomic E-state index is 0.125. The second kappa shape index (κ2) is 75.0. The fraction of sp³-hybridized carbons (Fsp3) is 0.946. The Bertz CT molecular complexity index is 1170. The lowest BCUT2D eigenvalue weighted by molar-refractivity contribution is -0.123. The highest BCUT2D eigenvalue weighted by Gasteiger charge is 2.06. The molecule has 82 heavy (non-hydrogen) atoms. The highest BCUT2D eigenvalue weighted by molar-refractivity contribution is 5.77. The Kier molecular flexibility index (Phi) is 74.9. The van der Waals surface area contributed by atoms with Crippen molar-refractivity contribution < 1.29 is 19.2 Å². The van der Waals surface area contributed by atoms with Crippen molar-refractivity contribution in [2.45, 2.75) is 426 Å². The number of carbonyl (C=O) groups excluding carboxylic acids is 4. The number of unbranched alkanes of at least 4 members (excludes halogenated alkanes) is 54. The highest BCUT2D eigenvalue weighted by Crippen LogP contribution is 2.18. The Balaban J connectivity index is 0. The Labute approximate surface area is 513 Å². The predicted molar refractivity (Wildman–Crippen MR) is 361 cm³/mol. The molecule has 0 radical (unpaired) electrons. The molecule has 0 bridgehead atoms. The molecule has 0 heterocycles. The summed E-state index contributed by atoms with van der Waals surface area (Å²) >= 11 is 0. The van der Waals surface area contributed by atoms with Crippen LogP contribution in [-0.2, 0) is 19.2 Å². The van der Waals surface area contributed by atoms with Crippen LogP contribution in [0.25, 0.3) is 0 Å². The molecule has 0 rings (SSSR count). The molecule has 0 atom stereocenters. The molecule has 4 amide bonds. The van der Waals surface area contributed by atoms with Gasteiger partial charge >= 0.3 is 0 Å². The maximum atomic E-state index is 12.0. The lowest BCUT2D eigenvalue weighted by Gasteiger charge is -2.07. The van der Waals surface area contributed by atoms with Gasteiger partial charge in [-0.05, 0) is 25.7 Å². The molecule has 0 aliphatic carbocycles. The number of nitrogens with one attached hydrogen (secondary N) is 4. The Hall–Kier alpha value is -2.12. The van der Waals surface area contributed by atoms with E-state index in [-0.39, 0.29) is 23.6 Å². The van der Waals surface area contributed by atoms with E-state index >= 15 is 0 Å². The van der Waals surface area contributed by atoms with Crippen molar-refractivity contribution in [1.82, 2.24) is 21.3 Å². The summed E-state index contributed by atoms with van der Waals surface area (Å²) in [6.07, 6.45) is 80.0. The molecule has 8 nitrogen and oxygen atoms in total. The minimum atomic E-state index is 0.125. The van der Waals surface area contributed by atoms with E-state index in [1.807, 2.05) is 0 Å². The average molecular weight is 1160 g/mol. The Morgan fingerprint density at radius 3 is 0.366 bits per heavy atom. The van der Waals surface area contributed by atoms with Crippen molar-refractivity contribution in [3.8, 4) is 0 Å². The van der Waals surface area contributed by atoms with E-state index in [9.17, 15) is 19.2 Å². The standard InChI is InChI=1S/C38H76N2O2.C36H72N2O2/c1-3-5-7-9-11-13-15-17-19-21-23-25-27-29-31-33-37(41)39-35-36-40-38(42)34-32-30-28-26-24-22-20-18-16-14-12-10-8-6-4-2;1-3-5-7-9-11-13-15-17-19-21-23-25-27-29-31-35(39)37-33-34-38-36(40)32-30-28-26-24-22-20-18-16-14-12-10-8-6-4-2/h3-36H2,1-2H3,(H,39,41)(H,40,42);3-34H2,1-2H3,(H,37,39)(H,38,40). The van der Waals surface area contributed by atoms with Gasteiger partial charge in [0.05, 0.1) is 0 Å². The second-order valence-electron chi connectivity index (χ2n) is 25.5. The van der Waals surface area contributed by atoms with E-state index in [0.717, 1.165) is 51.4 Å². The van der Waals surface area contributed by atoms with Crippen LogP contribution >= 0.6 is 0 Å². The summed E-state index contributed by atoms with van der Waals surface area (Å²) in [5.41, 5.74) is 0. The summed E-state index contributed by atoms with van der Waals surface area (Å²) in [6.45, 7) is 11.3. The zero-order chi connectivity index (χ0) is 59.8. The number of hydrogen-bond acceptors (Lipinski definition) is 4. The van der Waals surface area contributed by atoms with Gasteiger partial charge in [-0.15, -0.1) is 0 Å². The van der Waals surface area contributed by atoms with Gasteiger partial charge in [0.15, 0.2) is 0 Å². The lowest BCUT2D eigenvalue weighted by Crippen LogP contribution is -2.34. The number of rotatable bonds is 68. The first-order valence-corrected chi connectivity index (χ1v) is 37.5. The first-order valence-electron chi connectivity index (χ1n) is 37.5. The number of carbonyl (C=O) groups is 4. The Morgan fingerprint density at radius 2 is 0.256 bits per heavy atom. The largest absolute Gasteiger partial charge is 0.354 e. The van der Waals surface area contributed by atoms with Crippen LogP contribution in [0.2, 0.25) is 0 Å². The fourth-order valence-corrected chi connectivity index (χ4v) is 11.4. The van der Waals surface area contributed by atoms with Crippen LogP contribution < -0.4 is 21.3 Å². The highest BCUT2D eigenvalue weighted by atomic mass is 16.2. The van der Waals surface area contributed by atoms with Gasteiger partial charge in [0.2, 0.25) is 23.6 Å². The number of amides is 4. The van der Waals surface area contributed by atoms with Crippen LogP contribution in [0.15, 0.2) is 0 Å². The molecule has 0 spiro atoms. The molecule has 0 aliphatic heterocycles. The SMILES string of the molecule is CCCCCCCCCCCCCCCCC(=O)NCCNC(=O)CCCCCCCCCCCCCCCC.CCCCCCCCCCCCCCCCCC(=O)NCCNC(=O)CCCCCCCCCCCCCCCCC. The van der Waals surface area contributed by atoms with Crippen LogP contribution in [0.3, 0.4) is 0 Å². The first kappa shape index (κ1) is 81.9. The van der Waals surface area contributed by atoms with E-state index in [1.165, 1.54) is 321 Å². The third-order valence-electron chi connectivity index (χ3n) is 17.1. The molecular formula is C74H148N4O4. The average Bonchev–Trinajstić information content (AvgIpc) is 3.47. The van der Waals surface area contributed by atoms with Crippen LogP contribution in [0, 0.1) is 0 Å². The summed E-state index contributed by atoms with van der Waals surface area (Å²) in [5.74, 6) is 0.503. The second-order valence-corrected chi connectivity index (χ2v) is 25.5. The molecule has 8 heteroatoms. The Morgan fingerprint density at radius 1 is 0.159 bits per heavy atom. The topological polar surface area (TPSA) is 116 Å². The minimum Gasteiger partial charge on any atom is -0.354 e.